The highest BCUT2D eigenvalue weighted by atomic mass is 14.0. The molecule has 0 saturated carbocycles. The Labute approximate surface area is 51.2 Å². The average Bonchev–Trinajstić information content (AvgIpc) is 1.84. The smallest absolute Gasteiger partial charge is 0.00192 e. The standard InChI is InChI=1S/C8H12/c1-5-7(3)8(4)6-2/h5-6,8H,1-3H2,4H3. The van der Waals surface area contributed by atoms with Gasteiger partial charge in [0.25, 0.3) is 0 Å². The fraction of sp³-hybridized carbons (Fsp3) is 0.250. The Bertz CT molecular complexity index is 109. The molecular weight excluding hydrogens is 96.1 g/mol. The van der Waals surface area contributed by atoms with E-state index in [4.69, 9.17) is 0 Å². The number of hydrogen-bond donors (Lipinski definition) is 0. The van der Waals surface area contributed by atoms with Crippen LogP contribution in [-0.4, -0.2) is 0 Å². The molecule has 0 aromatic heterocycles. The van der Waals surface area contributed by atoms with Crippen molar-refractivity contribution in [1.82, 2.24) is 0 Å². The highest BCUT2D eigenvalue weighted by Crippen LogP contribution is 2.08. The first-order chi connectivity index (χ1) is 3.72. The van der Waals surface area contributed by atoms with Crippen LogP contribution in [0.3, 0.4) is 0 Å². The van der Waals surface area contributed by atoms with Crippen molar-refractivity contribution in [2.75, 3.05) is 0 Å². The highest BCUT2D eigenvalue weighted by molar-refractivity contribution is 5.17. The highest BCUT2D eigenvalue weighted by Gasteiger charge is 1.93. The number of hydrogen-bond acceptors (Lipinski definition) is 0. The van der Waals surface area contributed by atoms with Crippen molar-refractivity contribution >= 4 is 0 Å². The summed E-state index contributed by atoms with van der Waals surface area (Å²) in [4.78, 5) is 0. The van der Waals surface area contributed by atoms with E-state index in [9.17, 15) is 0 Å². The van der Waals surface area contributed by atoms with Gasteiger partial charge in [-0.25, -0.2) is 0 Å². The summed E-state index contributed by atoms with van der Waals surface area (Å²) in [6.45, 7) is 13.0. The minimum absolute atomic E-state index is 0.368. The van der Waals surface area contributed by atoms with E-state index in [0.29, 0.717) is 5.92 Å². The van der Waals surface area contributed by atoms with Gasteiger partial charge in [0.2, 0.25) is 0 Å². The molecule has 0 aliphatic heterocycles. The van der Waals surface area contributed by atoms with E-state index in [-0.39, 0.29) is 0 Å². The SMILES string of the molecule is C=CC(=C)C(C)C=C. The van der Waals surface area contributed by atoms with Gasteiger partial charge in [0.1, 0.15) is 0 Å². The maximum Gasteiger partial charge on any atom is -0.00192 e. The quantitative estimate of drug-likeness (QED) is 0.385. The van der Waals surface area contributed by atoms with Gasteiger partial charge in [-0.3, -0.25) is 0 Å². The summed E-state index contributed by atoms with van der Waals surface area (Å²) < 4.78 is 0. The summed E-state index contributed by atoms with van der Waals surface area (Å²) in [5.41, 5.74) is 1.03. The monoisotopic (exact) mass is 108 g/mol. The van der Waals surface area contributed by atoms with Crippen LogP contribution in [0.5, 0.6) is 0 Å². The zero-order chi connectivity index (χ0) is 6.57. The van der Waals surface area contributed by atoms with Crippen LogP contribution in [0, 0.1) is 5.92 Å². The molecule has 0 aromatic carbocycles. The molecule has 1 unspecified atom stereocenters. The maximum absolute atomic E-state index is 3.75. The summed E-state index contributed by atoms with van der Waals surface area (Å²) in [5.74, 6) is 0.368. The molecule has 0 N–H and O–H groups in total. The van der Waals surface area contributed by atoms with E-state index < -0.39 is 0 Å². The fourth-order valence-corrected chi connectivity index (χ4v) is 0.337. The summed E-state index contributed by atoms with van der Waals surface area (Å²) in [5, 5.41) is 0. The van der Waals surface area contributed by atoms with E-state index in [1.165, 1.54) is 0 Å². The predicted octanol–water partition coefficient (Wildman–Crippen LogP) is 2.55. The van der Waals surface area contributed by atoms with Gasteiger partial charge in [0.05, 0.1) is 0 Å². The molecule has 0 heteroatoms. The normalized spacial score (nSPS) is 12.1. The topological polar surface area (TPSA) is 0 Å². The van der Waals surface area contributed by atoms with Crippen LogP contribution < -0.4 is 0 Å². The van der Waals surface area contributed by atoms with Crippen LogP contribution >= 0.6 is 0 Å². The first-order valence-electron chi connectivity index (χ1n) is 2.66. The Morgan fingerprint density at radius 3 is 2.12 bits per heavy atom. The lowest BCUT2D eigenvalue weighted by Gasteiger charge is -2.01. The molecule has 0 bridgehead atoms. The Kier molecular flexibility index (Phi) is 2.93. The van der Waals surface area contributed by atoms with Crippen LogP contribution in [0.25, 0.3) is 0 Å². The van der Waals surface area contributed by atoms with Crippen molar-refractivity contribution < 1.29 is 0 Å². The molecule has 0 aliphatic carbocycles. The van der Waals surface area contributed by atoms with E-state index in [1.54, 1.807) is 6.08 Å². The van der Waals surface area contributed by atoms with Crippen LogP contribution in [0.2, 0.25) is 0 Å². The number of rotatable bonds is 3. The predicted molar refractivity (Wildman–Crippen MR) is 38.7 cm³/mol. The van der Waals surface area contributed by atoms with Gasteiger partial charge in [-0.05, 0) is 11.5 Å². The molecule has 0 nitrogen and oxygen atoms in total. The Morgan fingerprint density at radius 2 is 2.00 bits per heavy atom. The van der Waals surface area contributed by atoms with E-state index in [1.807, 2.05) is 13.0 Å². The first-order valence-corrected chi connectivity index (χ1v) is 2.66. The summed E-state index contributed by atoms with van der Waals surface area (Å²) in [6.07, 6.45) is 3.61. The van der Waals surface area contributed by atoms with Crippen molar-refractivity contribution in [3.63, 3.8) is 0 Å². The molecule has 0 fully saturated rings. The fourth-order valence-electron chi connectivity index (χ4n) is 0.337. The van der Waals surface area contributed by atoms with Crippen molar-refractivity contribution in [2.45, 2.75) is 6.92 Å². The van der Waals surface area contributed by atoms with Gasteiger partial charge in [0.15, 0.2) is 0 Å². The zero-order valence-electron chi connectivity index (χ0n) is 5.35. The molecule has 8 heavy (non-hydrogen) atoms. The molecule has 0 heterocycles. The second-order valence-corrected chi connectivity index (χ2v) is 1.80. The van der Waals surface area contributed by atoms with Gasteiger partial charge < -0.3 is 0 Å². The van der Waals surface area contributed by atoms with E-state index in [0.717, 1.165) is 5.57 Å². The van der Waals surface area contributed by atoms with Crippen LogP contribution in [0.4, 0.5) is 0 Å². The second-order valence-electron chi connectivity index (χ2n) is 1.80. The van der Waals surface area contributed by atoms with Gasteiger partial charge in [-0.1, -0.05) is 32.2 Å². The number of allylic oxidation sites excluding steroid dienone is 3. The summed E-state index contributed by atoms with van der Waals surface area (Å²) >= 11 is 0. The third-order valence-corrected chi connectivity index (χ3v) is 1.20. The maximum atomic E-state index is 3.75. The zero-order valence-corrected chi connectivity index (χ0v) is 5.35. The van der Waals surface area contributed by atoms with E-state index in [2.05, 4.69) is 19.7 Å². The molecule has 0 aliphatic rings. The lowest BCUT2D eigenvalue weighted by molar-refractivity contribution is 0.900. The third kappa shape index (κ3) is 1.78. The Balaban J connectivity index is 3.80. The molecule has 0 saturated heterocycles. The van der Waals surface area contributed by atoms with Gasteiger partial charge in [-0.15, -0.1) is 6.58 Å². The lowest BCUT2D eigenvalue weighted by Crippen LogP contribution is -1.87. The Morgan fingerprint density at radius 1 is 1.50 bits per heavy atom. The minimum Gasteiger partial charge on any atom is -0.102 e. The summed E-state index contributed by atoms with van der Waals surface area (Å²) in [6, 6.07) is 0. The van der Waals surface area contributed by atoms with Gasteiger partial charge in [0, 0.05) is 0 Å². The molecule has 0 radical (unpaired) electrons. The van der Waals surface area contributed by atoms with Crippen molar-refractivity contribution in [3.05, 3.63) is 37.5 Å². The van der Waals surface area contributed by atoms with Gasteiger partial charge in [-0.2, -0.15) is 0 Å². The lowest BCUT2D eigenvalue weighted by atomic mass is 10.0. The average molecular weight is 108 g/mol. The molecule has 0 amide bonds. The van der Waals surface area contributed by atoms with Crippen molar-refractivity contribution in [2.24, 2.45) is 5.92 Å². The van der Waals surface area contributed by atoms with Crippen LogP contribution in [0.1, 0.15) is 6.92 Å². The molecule has 44 valence electrons. The first kappa shape index (κ1) is 7.22. The second kappa shape index (κ2) is 3.25. The van der Waals surface area contributed by atoms with Crippen LogP contribution in [0.15, 0.2) is 37.5 Å². The van der Waals surface area contributed by atoms with Gasteiger partial charge >= 0.3 is 0 Å². The van der Waals surface area contributed by atoms with Crippen LogP contribution in [-0.2, 0) is 0 Å². The van der Waals surface area contributed by atoms with E-state index >= 15 is 0 Å². The molecule has 1 atom stereocenters. The molecule has 0 aromatic rings. The third-order valence-electron chi connectivity index (χ3n) is 1.20. The Hall–Kier alpha value is -0.780. The molecule has 0 rings (SSSR count). The summed E-state index contributed by atoms with van der Waals surface area (Å²) in [7, 11) is 0. The largest absolute Gasteiger partial charge is 0.102 e. The van der Waals surface area contributed by atoms with Crippen molar-refractivity contribution in [1.29, 1.82) is 0 Å². The van der Waals surface area contributed by atoms with Crippen molar-refractivity contribution in [3.8, 4) is 0 Å². The molecular formula is C8H12. The molecule has 0 spiro atoms. The minimum atomic E-state index is 0.368.